The summed E-state index contributed by atoms with van der Waals surface area (Å²) in [4.78, 5) is 0. The van der Waals surface area contributed by atoms with E-state index in [0.29, 0.717) is 12.5 Å². The van der Waals surface area contributed by atoms with E-state index in [-0.39, 0.29) is 5.82 Å². The quantitative estimate of drug-likeness (QED) is 0.633. The number of ether oxygens (including phenoxy) is 2. The Hall–Kier alpha value is -0.970. The molecule has 0 aromatic heterocycles. The van der Waals surface area contributed by atoms with Gasteiger partial charge in [-0.1, -0.05) is 18.6 Å². The molecule has 0 radical (unpaired) electrons. The summed E-state index contributed by atoms with van der Waals surface area (Å²) in [6.07, 6.45) is 3.16. The number of hydrogen-bond acceptors (Lipinski definition) is 3. The third kappa shape index (κ3) is 6.98. The first-order valence-corrected chi connectivity index (χ1v) is 7.22. The fraction of sp³-hybridized carbons (Fsp3) is 0.625. The maximum Gasteiger partial charge on any atom is 0.123 e. The van der Waals surface area contributed by atoms with E-state index >= 15 is 0 Å². The van der Waals surface area contributed by atoms with Crippen LogP contribution >= 0.6 is 0 Å². The lowest BCUT2D eigenvalue weighted by Gasteiger charge is -2.18. The zero-order valence-electron chi connectivity index (χ0n) is 12.5. The molecule has 0 aliphatic carbocycles. The Morgan fingerprint density at radius 2 is 1.95 bits per heavy atom. The number of methoxy groups -OCH3 is 2. The standard InChI is InChI=1S/C16H26FNO2/c1-19-10-4-3-6-15(13-18-9-11-20-2)14-7-5-8-16(17)12-14/h5,7-8,12,15,18H,3-4,6,9-11,13H2,1-2H3. The first-order chi connectivity index (χ1) is 9.77. The summed E-state index contributed by atoms with van der Waals surface area (Å²) in [5, 5.41) is 3.37. The van der Waals surface area contributed by atoms with Crippen LogP contribution in [-0.4, -0.2) is 40.5 Å². The molecule has 3 nitrogen and oxygen atoms in total. The van der Waals surface area contributed by atoms with Crippen LogP contribution in [-0.2, 0) is 9.47 Å². The van der Waals surface area contributed by atoms with Crippen molar-refractivity contribution in [1.29, 1.82) is 0 Å². The summed E-state index contributed by atoms with van der Waals surface area (Å²) >= 11 is 0. The molecule has 1 aromatic carbocycles. The largest absolute Gasteiger partial charge is 0.385 e. The highest BCUT2D eigenvalue weighted by molar-refractivity contribution is 5.21. The van der Waals surface area contributed by atoms with Gasteiger partial charge in [0, 0.05) is 33.9 Å². The highest BCUT2D eigenvalue weighted by Gasteiger charge is 2.11. The lowest BCUT2D eigenvalue weighted by atomic mass is 9.93. The molecule has 1 unspecified atom stereocenters. The molecule has 0 saturated carbocycles. The first-order valence-electron chi connectivity index (χ1n) is 7.22. The van der Waals surface area contributed by atoms with Crippen LogP contribution < -0.4 is 5.32 Å². The van der Waals surface area contributed by atoms with Gasteiger partial charge in [0.25, 0.3) is 0 Å². The second kappa shape index (κ2) is 10.8. The molecule has 4 heteroatoms. The summed E-state index contributed by atoms with van der Waals surface area (Å²) in [6.45, 7) is 3.15. The second-order valence-electron chi connectivity index (χ2n) is 4.94. The van der Waals surface area contributed by atoms with Crippen molar-refractivity contribution in [2.75, 3.05) is 40.5 Å². The minimum atomic E-state index is -0.165. The van der Waals surface area contributed by atoms with Gasteiger partial charge < -0.3 is 14.8 Å². The van der Waals surface area contributed by atoms with Crippen LogP contribution in [0.15, 0.2) is 24.3 Å². The summed E-state index contributed by atoms with van der Waals surface area (Å²) in [6, 6.07) is 6.91. The smallest absolute Gasteiger partial charge is 0.123 e. The van der Waals surface area contributed by atoms with Gasteiger partial charge in [0.15, 0.2) is 0 Å². The molecule has 0 fully saturated rings. The summed E-state index contributed by atoms with van der Waals surface area (Å²) in [5.74, 6) is 0.167. The van der Waals surface area contributed by atoms with E-state index in [1.807, 2.05) is 6.07 Å². The zero-order chi connectivity index (χ0) is 14.6. The molecule has 1 rings (SSSR count). The van der Waals surface area contributed by atoms with Crippen LogP contribution in [0.25, 0.3) is 0 Å². The van der Waals surface area contributed by atoms with Crippen molar-refractivity contribution in [1.82, 2.24) is 5.32 Å². The number of hydrogen-bond donors (Lipinski definition) is 1. The molecule has 0 amide bonds. The van der Waals surface area contributed by atoms with E-state index in [9.17, 15) is 4.39 Å². The Morgan fingerprint density at radius 3 is 2.65 bits per heavy atom. The fourth-order valence-electron chi connectivity index (χ4n) is 2.23. The molecule has 1 aromatic rings. The Labute approximate surface area is 121 Å². The number of unbranched alkanes of at least 4 members (excludes halogenated alkanes) is 1. The topological polar surface area (TPSA) is 30.5 Å². The SMILES string of the molecule is COCCCCC(CNCCOC)c1cccc(F)c1. The van der Waals surface area contributed by atoms with Gasteiger partial charge in [0.1, 0.15) is 5.82 Å². The van der Waals surface area contributed by atoms with Crippen molar-refractivity contribution < 1.29 is 13.9 Å². The molecule has 20 heavy (non-hydrogen) atoms. The Balaban J connectivity index is 2.49. The average Bonchev–Trinajstić information content (AvgIpc) is 2.45. The lowest BCUT2D eigenvalue weighted by Crippen LogP contribution is -2.25. The molecule has 1 atom stereocenters. The van der Waals surface area contributed by atoms with E-state index < -0.39 is 0 Å². The van der Waals surface area contributed by atoms with Crippen molar-refractivity contribution in [3.63, 3.8) is 0 Å². The molecule has 114 valence electrons. The summed E-state index contributed by atoms with van der Waals surface area (Å²) in [7, 11) is 3.41. The van der Waals surface area contributed by atoms with Crippen molar-refractivity contribution in [2.24, 2.45) is 0 Å². The van der Waals surface area contributed by atoms with Crippen molar-refractivity contribution in [3.05, 3.63) is 35.6 Å². The molecule has 0 aliphatic rings. The Kier molecular flexibility index (Phi) is 9.20. The van der Waals surface area contributed by atoms with E-state index in [1.165, 1.54) is 6.07 Å². The van der Waals surface area contributed by atoms with Crippen molar-refractivity contribution in [2.45, 2.75) is 25.2 Å². The monoisotopic (exact) mass is 283 g/mol. The van der Waals surface area contributed by atoms with Gasteiger partial charge in [0.2, 0.25) is 0 Å². The highest BCUT2D eigenvalue weighted by atomic mass is 19.1. The normalized spacial score (nSPS) is 12.6. The molecular formula is C16H26FNO2. The maximum atomic E-state index is 13.4. The van der Waals surface area contributed by atoms with E-state index in [4.69, 9.17) is 9.47 Å². The molecule has 0 aliphatic heterocycles. The summed E-state index contributed by atoms with van der Waals surface area (Å²) in [5.41, 5.74) is 1.06. The number of benzene rings is 1. The van der Waals surface area contributed by atoms with Crippen LogP contribution in [0.1, 0.15) is 30.7 Å². The molecule has 1 N–H and O–H groups in total. The van der Waals surface area contributed by atoms with Crippen LogP contribution in [0, 0.1) is 5.82 Å². The van der Waals surface area contributed by atoms with Crippen LogP contribution in [0.2, 0.25) is 0 Å². The van der Waals surface area contributed by atoms with Crippen molar-refractivity contribution in [3.8, 4) is 0 Å². The lowest BCUT2D eigenvalue weighted by molar-refractivity contribution is 0.190. The average molecular weight is 283 g/mol. The van der Waals surface area contributed by atoms with Gasteiger partial charge in [-0.15, -0.1) is 0 Å². The number of halogens is 1. The van der Waals surface area contributed by atoms with Gasteiger partial charge in [-0.05, 0) is 36.5 Å². The van der Waals surface area contributed by atoms with E-state index in [2.05, 4.69) is 5.32 Å². The minimum absolute atomic E-state index is 0.165. The van der Waals surface area contributed by atoms with Gasteiger partial charge in [-0.25, -0.2) is 4.39 Å². The van der Waals surface area contributed by atoms with Crippen LogP contribution in [0.3, 0.4) is 0 Å². The van der Waals surface area contributed by atoms with Gasteiger partial charge in [-0.2, -0.15) is 0 Å². The molecular weight excluding hydrogens is 257 g/mol. The van der Waals surface area contributed by atoms with Gasteiger partial charge in [-0.3, -0.25) is 0 Å². The third-order valence-electron chi connectivity index (χ3n) is 3.34. The van der Waals surface area contributed by atoms with Gasteiger partial charge in [0.05, 0.1) is 6.61 Å². The predicted molar refractivity (Wildman–Crippen MR) is 79.6 cm³/mol. The number of nitrogens with one attached hydrogen (secondary N) is 1. The minimum Gasteiger partial charge on any atom is -0.385 e. The molecule has 0 bridgehead atoms. The highest BCUT2D eigenvalue weighted by Crippen LogP contribution is 2.22. The molecule has 0 heterocycles. The maximum absolute atomic E-state index is 13.4. The van der Waals surface area contributed by atoms with E-state index in [0.717, 1.165) is 44.5 Å². The van der Waals surface area contributed by atoms with E-state index in [1.54, 1.807) is 26.4 Å². The first kappa shape index (κ1) is 17.1. The fourth-order valence-corrected chi connectivity index (χ4v) is 2.23. The van der Waals surface area contributed by atoms with Gasteiger partial charge >= 0.3 is 0 Å². The number of rotatable bonds is 11. The third-order valence-corrected chi connectivity index (χ3v) is 3.34. The second-order valence-corrected chi connectivity index (χ2v) is 4.94. The molecule has 0 saturated heterocycles. The Morgan fingerprint density at radius 1 is 1.15 bits per heavy atom. The Bertz CT molecular complexity index is 348. The molecule has 0 spiro atoms. The van der Waals surface area contributed by atoms with Crippen LogP contribution in [0.4, 0.5) is 4.39 Å². The van der Waals surface area contributed by atoms with Crippen LogP contribution in [0.5, 0.6) is 0 Å². The van der Waals surface area contributed by atoms with Crippen molar-refractivity contribution >= 4 is 0 Å². The zero-order valence-corrected chi connectivity index (χ0v) is 12.5. The summed E-state index contributed by atoms with van der Waals surface area (Å²) < 4.78 is 23.4. The predicted octanol–water partition coefficient (Wildman–Crippen LogP) is 2.96.